The molecule has 2 rings (SSSR count). The van der Waals surface area contributed by atoms with E-state index in [1.165, 1.54) is 7.11 Å². The summed E-state index contributed by atoms with van der Waals surface area (Å²) in [5.41, 5.74) is 1.76. The van der Waals surface area contributed by atoms with Crippen LogP contribution in [0.2, 0.25) is 0 Å². The Kier molecular flexibility index (Phi) is 2.85. The van der Waals surface area contributed by atoms with Gasteiger partial charge in [-0.2, -0.15) is 5.10 Å². The molecule has 1 aliphatic carbocycles. The number of methoxy groups -OCH3 is 1. The van der Waals surface area contributed by atoms with Crippen LogP contribution in [0.5, 0.6) is 0 Å². The van der Waals surface area contributed by atoms with Gasteiger partial charge in [0.05, 0.1) is 18.4 Å². The van der Waals surface area contributed by atoms with Gasteiger partial charge in [-0.1, -0.05) is 0 Å². The van der Waals surface area contributed by atoms with E-state index in [2.05, 4.69) is 5.10 Å². The number of carbonyl (C=O) groups excluding carboxylic acids is 1. The quantitative estimate of drug-likeness (QED) is 0.693. The van der Waals surface area contributed by atoms with Gasteiger partial charge >= 0.3 is 5.97 Å². The normalized spacial score (nSPS) is 16.6. The van der Waals surface area contributed by atoms with Crippen LogP contribution in [0.25, 0.3) is 5.70 Å². The molecule has 0 unspecified atom stereocenters. The molecule has 0 aromatic carbocycles. The molecule has 0 saturated carbocycles. The van der Waals surface area contributed by atoms with E-state index in [9.17, 15) is 4.79 Å². The van der Waals surface area contributed by atoms with Gasteiger partial charge in [-0.15, -0.1) is 0 Å². The highest BCUT2D eigenvalue weighted by atomic mass is 16.5. The lowest BCUT2D eigenvalue weighted by atomic mass is 9.96. The molecule has 4 heteroatoms. The predicted octanol–water partition coefficient (Wildman–Crippen LogP) is 1.84. The molecule has 0 aliphatic heterocycles. The molecule has 0 spiro atoms. The van der Waals surface area contributed by atoms with Crippen LogP contribution >= 0.6 is 0 Å². The van der Waals surface area contributed by atoms with Gasteiger partial charge in [-0.05, 0) is 31.7 Å². The first kappa shape index (κ1) is 9.96. The van der Waals surface area contributed by atoms with Crippen LogP contribution in [0.15, 0.2) is 24.0 Å². The summed E-state index contributed by atoms with van der Waals surface area (Å²) in [6, 6.07) is 1.86. The number of hydrogen-bond acceptors (Lipinski definition) is 3. The highest BCUT2D eigenvalue weighted by Crippen LogP contribution is 2.28. The summed E-state index contributed by atoms with van der Waals surface area (Å²) in [6.45, 7) is 0. The Labute approximate surface area is 88.5 Å². The van der Waals surface area contributed by atoms with Gasteiger partial charge < -0.3 is 4.74 Å². The highest BCUT2D eigenvalue weighted by molar-refractivity contribution is 5.94. The first-order valence-electron chi connectivity index (χ1n) is 5.13. The van der Waals surface area contributed by atoms with E-state index >= 15 is 0 Å². The predicted molar refractivity (Wildman–Crippen MR) is 55.9 cm³/mol. The Morgan fingerprint density at radius 1 is 1.47 bits per heavy atom. The molecule has 0 N–H and O–H groups in total. The SMILES string of the molecule is COC(=O)C1=C(n2cccn2)CCCC1. The molecule has 0 bridgehead atoms. The molecule has 1 heterocycles. The maximum atomic E-state index is 11.6. The summed E-state index contributed by atoms with van der Waals surface area (Å²) in [5, 5.41) is 4.16. The maximum absolute atomic E-state index is 11.6. The zero-order valence-corrected chi connectivity index (χ0v) is 8.77. The monoisotopic (exact) mass is 206 g/mol. The van der Waals surface area contributed by atoms with E-state index in [0.29, 0.717) is 0 Å². The Bertz CT molecular complexity index is 379. The Balaban J connectivity index is 2.38. The lowest BCUT2D eigenvalue weighted by molar-refractivity contribution is -0.136. The minimum atomic E-state index is -0.222. The summed E-state index contributed by atoms with van der Waals surface area (Å²) in [7, 11) is 1.42. The molecule has 0 fully saturated rings. The minimum absolute atomic E-state index is 0.222. The average molecular weight is 206 g/mol. The van der Waals surface area contributed by atoms with Crippen LogP contribution in [-0.4, -0.2) is 22.9 Å². The van der Waals surface area contributed by atoms with E-state index in [1.807, 2.05) is 12.3 Å². The van der Waals surface area contributed by atoms with Gasteiger partial charge in [0.15, 0.2) is 0 Å². The van der Waals surface area contributed by atoms with E-state index in [4.69, 9.17) is 4.74 Å². The summed E-state index contributed by atoms with van der Waals surface area (Å²) < 4.78 is 6.55. The third kappa shape index (κ3) is 1.93. The second-order valence-electron chi connectivity index (χ2n) is 3.57. The summed E-state index contributed by atoms with van der Waals surface area (Å²) >= 11 is 0. The number of rotatable bonds is 2. The lowest BCUT2D eigenvalue weighted by Crippen LogP contribution is -2.14. The maximum Gasteiger partial charge on any atom is 0.335 e. The van der Waals surface area contributed by atoms with Crippen molar-refractivity contribution in [3.05, 3.63) is 24.0 Å². The van der Waals surface area contributed by atoms with Gasteiger partial charge in [-0.25, -0.2) is 9.48 Å². The van der Waals surface area contributed by atoms with Gasteiger partial charge in [-0.3, -0.25) is 0 Å². The van der Waals surface area contributed by atoms with Gasteiger partial charge in [0.2, 0.25) is 0 Å². The molecule has 0 radical (unpaired) electrons. The van der Waals surface area contributed by atoms with Crippen LogP contribution in [0.1, 0.15) is 25.7 Å². The molecule has 0 atom stereocenters. The van der Waals surface area contributed by atoms with Crippen molar-refractivity contribution in [2.24, 2.45) is 0 Å². The van der Waals surface area contributed by atoms with Crippen LogP contribution in [0.3, 0.4) is 0 Å². The van der Waals surface area contributed by atoms with E-state index < -0.39 is 0 Å². The Morgan fingerprint density at radius 3 is 2.93 bits per heavy atom. The molecule has 1 aromatic heterocycles. The van der Waals surface area contributed by atoms with Crippen molar-refractivity contribution in [2.75, 3.05) is 7.11 Å². The van der Waals surface area contributed by atoms with Crippen molar-refractivity contribution < 1.29 is 9.53 Å². The highest BCUT2D eigenvalue weighted by Gasteiger charge is 2.20. The molecule has 15 heavy (non-hydrogen) atoms. The van der Waals surface area contributed by atoms with Gasteiger partial charge in [0.1, 0.15) is 0 Å². The van der Waals surface area contributed by atoms with Crippen LogP contribution in [0.4, 0.5) is 0 Å². The fraction of sp³-hybridized carbons (Fsp3) is 0.455. The first-order valence-corrected chi connectivity index (χ1v) is 5.13. The van der Waals surface area contributed by atoms with Gasteiger partial charge in [0.25, 0.3) is 0 Å². The third-order valence-electron chi connectivity index (χ3n) is 2.65. The molecule has 1 aromatic rings. The van der Waals surface area contributed by atoms with E-state index in [1.54, 1.807) is 10.9 Å². The number of esters is 1. The van der Waals surface area contributed by atoms with Crippen molar-refractivity contribution in [1.82, 2.24) is 9.78 Å². The summed E-state index contributed by atoms with van der Waals surface area (Å²) in [4.78, 5) is 11.6. The molecule has 0 saturated heterocycles. The zero-order valence-electron chi connectivity index (χ0n) is 8.77. The van der Waals surface area contributed by atoms with Crippen molar-refractivity contribution in [3.63, 3.8) is 0 Å². The fourth-order valence-electron chi connectivity index (χ4n) is 1.91. The third-order valence-corrected chi connectivity index (χ3v) is 2.65. The molecule has 80 valence electrons. The van der Waals surface area contributed by atoms with Crippen molar-refractivity contribution >= 4 is 11.7 Å². The molecule has 0 amide bonds. The number of nitrogens with zero attached hydrogens (tertiary/aromatic N) is 2. The van der Waals surface area contributed by atoms with Crippen molar-refractivity contribution in [3.8, 4) is 0 Å². The molecule has 1 aliphatic rings. The summed E-state index contributed by atoms with van der Waals surface area (Å²) in [5.74, 6) is -0.222. The smallest absolute Gasteiger partial charge is 0.335 e. The Hall–Kier alpha value is -1.58. The van der Waals surface area contributed by atoms with Crippen molar-refractivity contribution in [2.45, 2.75) is 25.7 Å². The van der Waals surface area contributed by atoms with Crippen LogP contribution in [0, 0.1) is 0 Å². The number of aromatic nitrogens is 2. The number of carbonyl (C=O) groups is 1. The second kappa shape index (κ2) is 4.29. The molecule has 4 nitrogen and oxygen atoms in total. The average Bonchev–Trinajstić information content (AvgIpc) is 2.81. The van der Waals surface area contributed by atoms with E-state index in [-0.39, 0.29) is 5.97 Å². The van der Waals surface area contributed by atoms with E-state index in [0.717, 1.165) is 37.0 Å². The number of hydrogen-bond donors (Lipinski definition) is 0. The van der Waals surface area contributed by atoms with Crippen LogP contribution in [-0.2, 0) is 9.53 Å². The molecular weight excluding hydrogens is 192 g/mol. The lowest BCUT2D eigenvalue weighted by Gasteiger charge is -2.18. The fourth-order valence-corrected chi connectivity index (χ4v) is 1.91. The number of allylic oxidation sites excluding steroid dienone is 1. The first-order chi connectivity index (χ1) is 7.33. The van der Waals surface area contributed by atoms with Crippen LogP contribution < -0.4 is 0 Å². The molecular formula is C11H14N2O2. The van der Waals surface area contributed by atoms with Gasteiger partial charge in [0, 0.05) is 12.4 Å². The standard InChI is InChI=1S/C11H14N2O2/c1-15-11(14)9-5-2-3-6-10(9)13-8-4-7-12-13/h4,7-8H,2-3,5-6H2,1H3. The Morgan fingerprint density at radius 2 is 2.27 bits per heavy atom. The topological polar surface area (TPSA) is 44.1 Å². The minimum Gasteiger partial charge on any atom is -0.466 e. The number of ether oxygens (including phenoxy) is 1. The largest absolute Gasteiger partial charge is 0.466 e. The zero-order chi connectivity index (χ0) is 10.7. The van der Waals surface area contributed by atoms with Crippen molar-refractivity contribution in [1.29, 1.82) is 0 Å². The second-order valence-corrected chi connectivity index (χ2v) is 3.57. The summed E-state index contributed by atoms with van der Waals surface area (Å²) in [6.07, 6.45) is 7.43.